The van der Waals surface area contributed by atoms with Crippen molar-refractivity contribution < 1.29 is 8.95 Å². The minimum atomic E-state index is -0.643. The van der Waals surface area contributed by atoms with Crippen LogP contribution in [0.5, 0.6) is 5.75 Å². The number of hydrogen-bond acceptors (Lipinski definition) is 5. The van der Waals surface area contributed by atoms with E-state index < -0.39 is 10.8 Å². The first-order valence-corrected chi connectivity index (χ1v) is 12.7. The number of aromatic nitrogens is 1. The number of pyridine rings is 1. The number of hydrogen-bond donors (Lipinski definition) is 0. The quantitative estimate of drug-likeness (QED) is 0.681. The molecule has 1 saturated heterocycles. The molecule has 0 bridgehead atoms. The fourth-order valence-corrected chi connectivity index (χ4v) is 5.98. The molecule has 0 saturated carbocycles. The van der Waals surface area contributed by atoms with Crippen molar-refractivity contribution in [2.75, 3.05) is 37.9 Å². The Bertz CT molecular complexity index is 964. The van der Waals surface area contributed by atoms with Crippen LogP contribution in [-0.4, -0.2) is 56.9 Å². The van der Waals surface area contributed by atoms with Crippen molar-refractivity contribution in [2.24, 2.45) is 0 Å². The van der Waals surface area contributed by atoms with Gasteiger partial charge in [-0.1, -0.05) is 17.7 Å². The first-order valence-electron chi connectivity index (χ1n) is 11.3. The average Bonchev–Trinajstić information content (AvgIpc) is 2.80. The second-order valence-corrected chi connectivity index (χ2v) is 10.4. The lowest BCUT2D eigenvalue weighted by Crippen LogP contribution is -2.37. The zero-order chi connectivity index (χ0) is 20.3. The van der Waals surface area contributed by atoms with Crippen LogP contribution in [0.15, 0.2) is 36.0 Å². The lowest BCUT2D eigenvalue weighted by atomic mass is 9.97. The first kappa shape index (κ1) is 20.2. The van der Waals surface area contributed by atoms with Crippen LogP contribution < -0.4 is 4.74 Å². The highest BCUT2D eigenvalue weighted by molar-refractivity contribution is 7.85. The molecule has 30 heavy (non-hydrogen) atoms. The van der Waals surface area contributed by atoms with Crippen molar-refractivity contribution in [1.29, 1.82) is 0 Å². The van der Waals surface area contributed by atoms with E-state index in [1.54, 1.807) is 5.57 Å². The number of allylic oxidation sites excluding steroid dienone is 1. The van der Waals surface area contributed by atoms with Gasteiger partial charge >= 0.3 is 0 Å². The van der Waals surface area contributed by atoms with E-state index in [1.807, 2.05) is 12.3 Å². The molecule has 5 rings (SSSR count). The van der Waals surface area contributed by atoms with E-state index in [-0.39, 0.29) is 0 Å². The molecule has 1 aliphatic carbocycles. The fraction of sp³-hybridized carbons (Fsp3) is 0.542. The van der Waals surface area contributed by atoms with Gasteiger partial charge in [0.25, 0.3) is 0 Å². The van der Waals surface area contributed by atoms with Gasteiger partial charge in [0.2, 0.25) is 0 Å². The Morgan fingerprint density at radius 1 is 1.17 bits per heavy atom. The third-order valence-electron chi connectivity index (χ3n) is 6.59. The van der Waals surface area contributed by atoms with Crippen molar-refractivity contribution in [3.05, 3.63) is 47.2 Å². The SMILES string of the molecule is O=S1CCN(Cc2cc3c(c4ncccc24)OCN(CCC2=CCCCC2)C3)CC1. The molecule has 0 radical (unpaired) electrons. The molecule has 0 atom stereocenters. The van der Waals surface area contributed by atoms with E-state index in [0.29, 0.717) is 6.73 Å². The summed E-state index contributed by atoms with van der Waals surface area (Å²) in [5, 5.41) is 1.18. The number of benzene rings is 1. The maximum atomic E-state index is 11.7. The Morgan fingerprint density at radius 3 is 2.90 bits per heavy atom. The fourth-order valence-electron chi connectivity index (χ4n) is 4.85. The monoisotopic (exact) mass is 425 g/mol. The van der Waals surface area contributed by atoms with E-state index in [1.165, 1.54) is 42.2 Å². The van der Waals surface area contributed by atoms with Gasteiger partial charge in [-0.05, 0) is 49.8 Å². The van der Waals surface area contributed by atoms with Crippen molar-refractivity contribution >= 4 is 21.7 Å². The summed E-state index contributed by atoms with van der Waals surface area (Å²) in [5.41, 5.74) is 5.17. The van der Waals surface area contributed by atoms with Gasteiger partial charge in [0.1, 0.15) is 12.2 Å². The Labute approximate surface area is 181 Å². The molecule has 3 aliphatic rings. The molecule has 2 aliphatic heterocycles. The van der Waals surface area contributed by atoms with Gasteiger partial charge in [-0.15, -0.1) is 0 Å². The van der Waals surface area contributed by atoms with Crippen LogP contribution in [0.1, 0.15) is 43.2 Å². The molecule has 0 amide bonds. The highest BCUT2D eigenvalue weighted by Gasteiger charge is 2.24. The summed E-state index contributed by atoms with van der Waals surface area (Å²) in [6.07, 6.45) is 10.7. The highest BCUT2D eigenvalue weighted by Crippen LogP contribution is 2.35. The largest absolute Gasteiger partial charge is 0.475 e. The van der Waals surface area contributed by atoms with Crippen LogP contribution in [0.3, 0.4) is 0 Å². The van der Waals surface area contributed by atoms with Crippen LogP contribution in [0.4, 0.5) is 0 Å². The topological polar surface area (TPSA) is 45.7 Å². The van der Waals surface area contributed by atoms with Crippen LogP contribution in [-0.2, 0) is 23.9 Å². The summed E-state index contributed by atoms with van der Waals surface area (Å²) in [4.78, 5) is 9.53. The van der Waals surface area contributed by atoms with Gasteiger partial charge in [-0.3, -0.25) is 19.0 Å². The molecule has 0 spiro atoms. The normalized spacial score (nSPS) is 21.3. The Hall–Kier alpha value is -1.76. The van der Waals surface area contributed by atoms with Crippen LogP contribution >= 0.6 is 0 Å². The van der Waals surface area contributed by atoms with Crippen LogP contribution in [0, 0.1) is 0 Å². The van der Waals surface area contributed by atoms with Crippen LogP contribution in [0.25, 0.3) is 10.9 Å². The van der Waals surface area contributed by atoms with Crippen molar-refractivity contribution in [1.82, 2.24) is 14.8 Å². The van der Waals surface area contributed by atoms with Crippen molar-refractivity contribution in [3.63, 3.8) is 0 Å². The third-order valence-corrected chi connectivity index (χ3v) is 7.87. The number of ether oxygens (including phenoxy) is 1. The Balaban J connectivity index is 1.35. The lowest BCUT2D eigenvalue weighted by Gasteiger charge is -2.31. The number of fused-ring (bicyclic) bond motifs is 3. The molecule has 1 fully saturated rings. The summed E-state index contributed by atoms with van der Waals surface area (Å²) in [5.74, 6) is 2.53. The summed E-state index contributed by atoms with van der Waals surface area (Å²) >= 11 is 0. The minimum Gasteiger partial charge on any atom is -0.475 e. The maximum absolute atomic E-state index is 11.7. The van der Waals surface area contributed by atoms with Gasteiger partial charge < -0.3 is 4.74 Å². The van der Waals surface area contributed by atoms with Gasteiger partial charge in [0, 0.05) is 72.2 Å². The van der Waals surface area contributed by atoms with Gasteiger partial charge in [0.05, 0.1) is 0 Å². The molecular formula is C24H31N3O2S. The lowest BCUT2D eigenvalue weighted by molar-refractivity contribution is 0.0976. The molecule has 1 aromatic heterocycles. The summed E-state index contributed by atoms with van der Waals surface area (Å²) in [6.45, 7) is 5.32. The smallest absolute Gasteiger partial charge is 0.152 e. The van der Waals surface area contributed by atoms with Gasteiger partial charge in [0.15, 0.2) is 5.75 Å². The van der Waals surface area contributed by atoms with Gasteiger partial charge in [-0.2, -0.15) is 0 Å². The number of rotatable bonds is 5. The molecule has 1 aromatic carbocycles. The van der Waals surface area contributed by atoms with Gasteiger partial charge in [-0.25, -0.2) is 0 Å². The Morgan fingerprint density at radius 2 is 2.07 bits per heavy atom. The Kier molecular flexibility index (Phi) is 6.16. The zero-order valence-electron chi connectivity index (χ0n) is 17.6. The summed E-state index contributed by atoms with van der Waals surface area (Å²) in [6, 6.07) is 6.50. The molecule has 5 nitrogen and oxygen atoms in total. The van der Waals surface area contributed by atoms with E-state index >= 15 is 0 Å². The van der Waals surface area contributed by atoms with Crippen LogP contribution in [0.2, 0.25) is 0 Å². The van der Waals surface area contributed by atoms with E-state index in [2.05, 4.69) is 33.0 Å². The third kappa shape index (κ3) is 4.46. The maximum Gasteiger partial charge on any atom is 0.152 e. The summed E-state index contributed by atoms with van der Waals surface area (Å²) in [7, 11) is -0.643. The molecular weight excluding hydrogens is 394 g/mol. The van der Waals surface area contributed by atoms with E-state index in [9.17, 15) is 4.21 Å². The molecule has 3 heterocycles. The molecule has 160 valence electrons. The standard InChI is InChI=1S/C24H31N3O2S/c28-30-13-11-26(12-14-30)16-20-15-21-17-27(10-8-19-5-2-1-3-6-19)18-29-24(21)23-22(20)7-4-9-25-23/h4-5,7,9,15H,1-3,6,8,10-14,16-18H2. The first-order chi connectivity index (χ1) is 14.8. The van der Waals surface area contributed by atoms with Crippen molar-refractivity contribution in [3.8, 4) is 5.75 Å². The number of nitrogens with zero attached hydrogens (tertiary/aromatic N) is 3. The second-order valence-electron chi connectivity index (χ2n) is 8.73. The predicted octanol–water partition coefficient (Wildman–Crippen LogP) is 3.84. The minimum absolute atomic E-state index is 0.642. The molecule has 6 heteroatoms. The average molecular weight is 426 g/mol. The van der Waals surface area contributed by atoms with E-state index in [4.69, 9.17) is 4.74 Å². The highest BCUT2D eigenvalue weighted by atomic mass is 32.2. The summed E-state index contributed by atoms with van der Waals surface area (Å²) < 4.78 is 18.0. The zero-order valence-corrected chi connectivity index (χ0v) is 18.5. The van der Waals surface area contributed by atoms with E-state index in [0.717, 1.165) is 61.9 Å². The molecule has 2 aromatic rings. The predicted molar refractivity (Wildman–Crippen MR) is 122 cm³/mol. The molecule has 0 N–H and O–H groups in total. The molecule has 0 unspecified atom stereocenters. The second kappa shape index (κ2) is 9.16. The van der Waals surface area contributed by atoms with Crippen molar-refractivity contribution in [2.45, 2.75) is 45.2 Å².